The van der Waals surface area contributed by atoms with Crippen LogP contribution in [0, 0.1) is 17.0 Å². The standard InChI is InChI=1S/C19H21N7O2/c1-14-3-4-16(26(27)28)10-19(14)25-13-18(21-22-25)15-9-17(12-20-11-15)24-7-5-23(2)6-8-24/h3-4,9-13H,5-8H2,1-2H3. The highest BCUT2D eigenvalue weighted by molar-refractivity contribution is 5.64. The van der Waals surface area contributed by atoms with Gasteiger partial charge in [-0.25, -0.2) is 4.68 Å². The van der Waals surface area contributed by atoms with Crippen LogP contribution in [0.1, 0.15) is 5.56 Å². The van der Waals surface area contributed by atoms with Gasteiger partial charge in [-0.05, 0) is 25.6 Å². The van der Waals surface area contributed by atoms with Crippen LogP contribution in [0.3, 0.4) is 0 Å². The van der Waals surface area contributed by atoms with Gasteiger partial charge in [-0.3, -0.25) is 15.1 Å². The molecule has 0 amide bonds. The summed E-state index contributed by atoms with van der Waals surface area (Å²) in [6.07, 6.45) is 5.40. The summed E-state index contributed by atoms with van der Waals surface area (Å²) in [5, 5.41) is 19.5. The van der Waals surface area contributed by atoms with Crippen LogP contribution in [0.2, 0.25) is 0 Å². The first-order valence-corrected chi connectivity index (χ1v) is 9.08. The normalized spacial score (nSPS) is 15.0. The van der Waals surface area contributed by atoms with E-state index in [2.05, 4.69) is 38.2 Å². The van der Waals surface area contributed by atoms with Crippen LogP contribution in [-0.2, 0) is 0 Å². The lowest BCUT2D eigenvalue weighted by Crippen LogP contribution is -2.44. The summed E-state index contributed by atoms with van der Waals surface area (Å²) in [5.41, 5.74) is 4.14. The number of hydrogen-bond donors (Lipinski definition) is 0. The number of hydrogen-bond acceptors (Lipinski definition) is 7. The molecule has 144 valence electrons. The van der Waals surface area contributed by atoms with Crippen molar-refractivity contribution in [2.75, 3.05) is 38.1 Å². The van der Waals surface area contributed by atoms with Crippen molar-refractivity contribution in [1.29, 1.82) is 0 Å². The lowest BCUT2D eigenvalue weighted by molar-refractivity contribution is -0.384. The summed E-state index contributed by atoms with van der Waals surface area (Å²) in [7, 11) is 2.13. The summed E-state index contributed by atoms with van der Waals surface area (Å²) in [5.74, 6) is 0. The number of nitro benzene ring substituents is 1. The maximum Gasteiger partial charge on any atom is 0.271 e. The number of likely N-dealkylation sites (N-methyl/N-ethyl adjacent to an activating group) is 1. The van der Waals surface area contributed by atoms with Gasteiger partial charge >= 0.3 is 0 Å². The molecule has 28 heavy (non-hydrogen) atoms. The molecule has 3 heterocycles. The van der Waals surface area contributed by atoms with Crippen LogP contribution >= 0.6 is 0 Å². The third-order valence-corrected chi connectivity index (χ3v) is 5.03. The quantitative estimate of drug-likeness (QED) is 0.507. The lowest BCUT2D eigenvalue weighted by Gasteiger charge is -2.33. The zero-order valence-electron chi connectivity index (χ0n) is 15.8. The minimum atomic E-state index is -0.412. The maximum absolute atomic E-state index is 11.1. The van der Waals surface area contributed by atoms with E-state index >= 15 is 0 Å². The number of non-ortho nitro benzene ring substituents is 1. The van der Waals surface area contributed by atoms with E-state index in [0.29, 0.717) is 11.4 Å². The summed E-state index contributed by atoms with van der Waals surface area (Å²) in [6, 6.07) is 6.77. The average molecular weight is 379 g/mol. The average Bonchev–Trinajstić information content (AvgIpc) is 3.19. The molecule has 1 saturated heterocycles. The minimum Gasteiger partial charge on any atom is -0.368 e. The van der Waals surface area contributed by atoms with Crippen LogP contribution in [-0.4, -0.2) is 63.0 Å². The molecule has 0 N–H and O–H groups in total. The second kappa shape index (κ2) is 7.35. The number of benzene rings is 1. The molecule has 1 aromatic carbocycles. The van der Waals surface area contributed by atoms with E-state index in [4.69, 9.17) is 0 Å². The van der Waals surface area contributed by atoms with E-state index in [-0.39, 0.29) is 5.69 Å². The summed E-state index contributed by atoms with van der Waals surface area (Å²) >= 11 is 0. The second-order valence-electron chi connectivity index (χ2n) is 7.00. The summed E-state index contributed by atoms with van der Waals surface area (Å²) < 4.78 is 1.57. The molecule has 1 fully saturated rings. The van der Waals surface area contributed by atoms with E-state index in [1.165, 1.54) is 12.1 Å². The Labute approximate surface area is 162 Å². The van der Waals surface area contributed by atoms with Crippen LogP contribution in [0.25, 0.3) is 16.9 Å². The van der Waals surface area contributed by atoms with Gasteiger partial charge in [0.05, 0.1) is 28.7 Å². The molecule has 3 aromatic rings. The molecule has 0 radical (unpaired) electrons. The molecule has 0 aliphatic carbocycles. The predicted molar refractivity (Wildman–Crippen MR) is 106 cm³/mol. The highest BCUT2D eigenvalue weighted by Gasteiger charge is 2.16. The molecule has 0 bridgehead atoms. The van der Waals surface area contributed by atoms with E-state index < -0.39 is 4.92 Å². The van der Waals surface area contributed by atoms with Gasteiger partial charge < -0.3 is 9.80 Å². The molecule has 9 heteroatoms. The predicted octanol–water partition coefficient (Wildman–Crippen LogP) is 2.30. The van der Waals surface area contributed by atoms with Gasteiger partial charge in [0.1, 0.15) is 5.69 Å². The van der Waals surface area contributed by atoms with Crippen molar-refractivity contribution in [3.05, 3.63) is 58.5 Å². The van der Waals surface area contributed by atoms with Crippen molar-refractivity contribution in [2.45, 2.75) is 6.92 Å². The molecule has 1 aliphatic heterocycles. The van der Waals surface area contributed by atoms with Crippen LogP contribution in [0.5, 0.6) is 0 Å². The number of piperazine rings is 1. The molecule has 4 rings (SSSR count). The Bertz CT molecular complexity index is 1010. The smallest absolute Gasteiger partial charge is 0.271 e. The molecular formula is C19H21N7O2. The Morgan fingerprint density at radius 3 is 2.64 bits per heavy atom. The molecule has 0 unspecified atom stereocenters. The van der Waals surface area contributed by atoms with Crippen molar-refractivity contribution in [3.8, 4) is 16.9 Å². The SMILES string of the molecule is Cc1ccc([N+](=O)[O-])cc1-n1cc(-c2cncc(N3CCN(C)CC3)c2)nn1. The third-order valence-electron chi connectivity index (χ3n) is 5.03. The Kier molecular flexibility index (Phi) is 4.74. The largest absolute Gasteiger partial charge is 0.368 e. The fourth-order valence-electron chi connectivity index (χ4n) is 3.28. The Morgan fingerprint density at radius 1 is 1.11 bits per heavy atom. The van der Waals surface area contributed by atoms with Gasteiger partial charge in [0.25, 0.3) is 5.69 Å². The second-order valence-corrected chi connectivity index (χ2v) is 7.00. The number of aromatic nitrogens is 4. The van der Waals surface area contributed by atoms with Crippen LogP contribution < -0.4 is 4.90 Å². The fourth-order valence-corrected chi connectivity index (χ4v) is 3.28. The summed E-state index contributed by atoms with van der Waals surface area (Å²) in [6.45, 7) is 5.84. The number of rotatable bonds is 4. The Balaban J connectivity index is 1.62. The monoisotopic (exact) mass is 379 g/mol. The van der Waals surface area contributed by atoms with Gasteiger partial charge in [0.2, 0.25) is 0 Å². The number of pyridine rings is 1. The number of aryl methyl sites for hydroxylation is 1. The van der Waals surface area contributed by atoms with Crippen molar-refractivity contribution < 1.29 is 4.92 Å². The van der Waals surface area contributed by atoms with Gasteiger partial charge in [-0.15, -0.1) is 5.10 Å². The molecule has 0 saturated carbocycles. The first-order chi connectivity index (χ1) is 13.5. The van der Waals surface area contributed by atoms with Crippen molar-refractivity contribution >= 4 is 11.4 Å². The van der Waals surface area contributed by atoms with Crippen LogP contribution in [0.4, 0.5) is 11.4 Å². The molecule has 9 nitrogen and oxygen atoms in total. The zero-order chi connectivity index (χ0) is 19.7. The van der Waals surface area contributed by atoms with E-state index in [1.54, 1.807) is 23.1 Å². The maximum atomic E-state index is 11.1. The molecule has 0 atom stereocenters. The van der Waals surface area contributed by atoms with Crippen molar-refractivity contribution in [2.24, 2.45) is 0 Å². The fraction of sp³-hybridized carbons (Fsp3) is 0.316. The highest BCUT2D eigenvalue weighted by Crippen LogP contribution is 2.25. The number of nitro groups is 1. The zero-order valence-corrected chi connectivity index (χ0v) is 15.8. The van der Waals surface area contributed by atoms with Gasteiger partial charge in [-0.2, -0.15) is 0 Å². The lowest BCUT2D eigenvalue weighted by atomic mass is 10.1. The first kappa shape index (κ1) is 18.1. The van der Waals surface area contributed by atoms with Crippen molar-refractivity contribution in [1.82, 2.24) is 24.9 Å². The topological polar surface area (TPSA) is 93.2 Å². The third kappa shape index (κ3) is 3.56. The van der Waals surface area contributed by atoms with Gasteiger partial charge in [0.15, 0.2) is 0 Å². The molecule has 0 spiro atoms. The van der Waals surface area contributed by atoms with Gasteiger partial charge in [-0.1, -0.05) is 11.3 Å². The number of anilines is 1. The van der Waals surface area contributed by atoms with Crippen LogP contribution in [0.15, 0.2) is 42.9 Å². The molecular weight excluding hydrogens is 358 g/mol. The molecule has 1 aliphatic rings. The van der Waals surface area contributed by atoms with E-state index in [1.807, 2.05) is 13.1 Å². The van der Waals surface area contributed by atoms with E-state index in [0.717, 1.165) is 43.0 Å². The minimum absolute atomic E-state index is 0.0244. The Morgan fingerprint density at radius 2 is 1.89 bits per heavy atom. The van der Waals surface area contributed by atoms with E-state index in [9.17, 15) is 10.1 Å². The highest BCUT2D eigenvalue weighted by atomic mass is 16.6. The Hall–Kier alpha value is -3.33. The first-order valence-electron chi connectivity index (χ1n) is 9.08. The molecule has 2 aromatic heterocycles. The van der Waals surface area contributed by atoms with Crippen molar-refractivity contribution in [3.63, 3.8) is 0 Å². The van der Waals surface area contributed by atoms with Gasteiger partial charge in [0, 0.05) is 50.1 Å². The number of nitrogens with zero attached hydrogens (tertiary/aromatic N) is 7. The summed E-state index contributed by atoms with van der Waals surface area (Å²) in [4.78, 5) is 19.7.